The number of rotatable bonds is 1. The molecule has 1 atom stereocenters. The van der Waals surface area contributed by atoms with Crippen molar-refractivity contribution in [3.05, 3.63) is 16.2 Å². The normalized spacial score (nSPS) is 20.7. The lowest BCUT2D eigenvalue weighted by Crippen LogP contribution is -2.38. The van der Waals surface area contributed by atoms with Gasteiger partial charge >= 0.3 is 5.82 Å². The van der Waals surface area contributed by atoms with Crippen LogP contribution in [0.4, 0.5) is 11.6 Å². The number of aromatic nitrogens is 2. The Balaban J connectivity index is 2.40. The van der Waals surface area contributed by atoms with Crippen LogP contribution in [0, 0.1) is 10.1 Å². The highest BCUT2D eigenvalue weighted by molar-refractivity contribution is 5.46. The Labute approximate surface area is 79.7 Å². The second kappa shape index (κ2) is 2.95. The Morgan fingerprint density at radius 3 is 3.07 bits per heavy atom. The van der Waals surface area contributed by atoms with Crippen LogP contribution in [0.3, 0.4) is 0 Å². The number of nitro groups is 1. The topological polar surface area (TPSA) is 84.4 Å². The zero-order valence-electron chi connectivity index (χ0n) is 7.62. The molecule has 0 amide bonds. The van der Waals surface area contributed by atoms with E-state index in [1.807, 2.05) is 0 Å². The average Bonchev–Trinajstić information content (AvgIpc) is 2.47. The van der Waals surface area contributed by atoms with Crippen molar-refractivity contribution in [3.8, 4) is 0 Å². The first-order valence-electron chi connectivity index (χ1n) is 4.19. The van der Waals surface area contributed by atoms with E-state index in [1.165, 1.54) is 10.7 Å². The number of anilines is 1. The SMILES string of the molecule is CN1CC(O)Cn2nc([N+](=O)[O-])cc21. The third-order valence-electron chi connectivity index (χ3n) is 2.19. The van der Waals surface area contributed by atoms with Gasteiger partial charge in [-0.1, -0.05) is 0 Å². The highest BCUT2D eigenvalue weighted by Gasteiger charge is 2.27. The van der Waals surface area contributed by atoms with Gasteiger partial charge in [0.25, 0.3) is 0 Å². The van der Waals surface area contributed by atoms with Gasteiger partial charge in [-0.3, -0.25) is 0 Å². The van der Waals surface area contributed by atoms with E-state index in [0.29, 0.717) is 18.9 Å². The summed E-state index contributed by atoms with van der Waals surface area (Å²) in [5, 5.41) is 23.6. The standard InChI is InChI=1S/C7H10N4O3/c1-9-3-5(12)4-10-7(9)2-6(8-10)11(13)14/h2,5,12H,3-4H2,1H3. The lowest BCUT2D eigenvalue weighted by molar-refractivity contribution is -0.389. The van der Waals surface area contributed by atoms with E-state index >= 15 is 0 Å². The van der Waals surface area contributed by atoms with Crippen LogP contribution in [0.15, 0.2) is 6.07 Å². The number of aliphatic hydroxyl groups is 1. The molecule has 0 aromatic carbocycles. The second-order valence-electron chi connectivity index (χ2n) is 3.33. The van der Waals surface area contributed by atoms with Crippen molar-refractivity contribution in [3.63, 3.8) is 0 Å². The fraction of sp³-hybridized carbons (Fsp3) is 0.571. The summed E-state index contributed by atoms with van der Waals surface area (Å²) < 4.78 is 1.45. The van der Waals surface area contributed by atoms with E-state index in [4.69, 9.17) is 0 Å². The predicted octanol–water partition coefficient (Wildman–Crippen LogP) is -0.398. The Morgan fingerprint density at radius 1 is 1.71 bits per heavy atom. The van der Waals surface area contributed by atoms with Gasteiger partial charge in [-0.15, -0.1) is 0 Å². The molecule has 0 fully saturated rings. The maximum Gasteiger partial charge on any atom is 0.392 e. The summed E-state index contributed by atoms with van der Waals surface area (Å²) in [5.74, 6) is 0.489. The maximum atomic E-state index is 10.5. The van der Waals surface area contributed by atoms with Crippen LogP contribution < -0.4 is 4.90 Å². The molecule has 1 aromatic rings. The van der Waals surface area contributed by atoms with Crippen LogP contribution in [0.2, 0.25) is 0 Å². The minimum Gasteiger partial charge on any atom is -0.389 e. The number of likely N-dealkylation sites (N-methyl/N-ethyl adjacent to an activating group) is 1. The van der Waals surface area contributed by atoms with Gasteiger partial charge in [0, 0.05) is 13.6 Å². The monoisotopic (exact) mass is 198 g/mol. The van der Waals surface area contributed by atoms with Gasteiger partial charge in [-0.25, -0.2) is 0 Å². The second-order valence-corrected chi connectivity index (χ2v) is 3.33. The Morgan fingerprint density at radius 2 is 2.43 bits per heavy atom. The first-order valence-corrected chi connectivity index (χ1v) is 4.19. The zero-order valence-corrected chi connectivity index (χ0v) is 7.62. The van der Waals surface area contributed by atoms with Crippen LogP contribution in [0.1, 0.15) is 0 Å². The molecule has 1 aliphatic heterocycles. The summed E-state index contributed by atoms with van der Waals surface area (Å²) in [6, 6.07) is 1.41. The molecule has 0 saturated heterocycles. The number of hydrogen-bond acceptors (Lipinski definition) is 5. The third kappa shape index (κ3) is 1.31. The molecule has 2 heterocycles. The third-order valence-corrected chi connectivity index (χ3v) is 2.19. The quantitative estimate of drug-likeness (QED) is 0.490. The van der Waals surface area contributed by atoms with E-state index in [9.17, 15) is 15.2 Å². The smallest absolute Gasteiger partial charge is 0.389 e. The number of nitrogens with zero attached hydrogens (tertiary/aromatic N) is 4. The van der Waals surface area contributed by atoms with Crippen molar-refractivity contribution in [1.82, 2.24) is 9.78 Å². The van der Waals surface area contributed by atoms with Crippen molar-refractivity contribution < 1.29 is 10.0 Å². The van der Waals surface area contributed by atoms with E-state index in [1.54, 1.807) is 11.9 Å². The van der Waals surface area contributed by atoms with Gasteiger partial charge in [0.15, 0.2) is 5.82 Å². The number of β-amino-alcohol motifs (C(OH)–C–C–N with tert-alkyl or cyclic N) is 1. The summed E-state index contributed by atoms with van der Waals surface area (Å²) in [5.41, 5.74) is 0. The van der Waals surface area contributed by atoms with Crippen molar-refractivity contribution in [2.24, 2.45) is 0 Å². The lowest BCUT2D eigenvalue weighted by Gasteiger charge is -2.26. The van der Waals surface area contributed by atoms with Gasteiger partial charge in [-0.05, 0) is 4.92 Å². The van der Waals surface area contributed by atoms with E-state index in [0.717, 1.165) is 0 Å². The molecule has 1 aromatic heterocycles. The molecule has 0 aliphatic carbocycles. The summed E-state index contributed by atoms with van der Waals surface area (Å²) >= 11 is 0. The summed E-state index contributed by atoms with van der Waals surface area (Å²) in [7, 11) is 1.76. The van der Waals surface area contributed by atoms with Crippen LogP contribution >= 0.6 is 0 Å². The average molecular weight is 198 g/mol. The fourth-order valence-corrected chi connectivity index (χ4v) is 1.59. The molecular weight excluding hydrogens is 188 g/mol. The van der Waals surface area contributed by atoms with Gasteiger partial charge in [-0.2, -0.15) is 4.68 Å². The number of aliphatic hydroxyl groups excluding tert-OH is 1. The molecule has 1 aliphatic rings. The Bertz CT molecular complexity index is 375. The molecule has 7 nitrogen and oxygen atoms in total. The van der Waals surface area contributed by atoms with Gasteiger partial charge in [0.1, 0.15) is 0 Å². The van der Waals surface area contributed by atoms with E-state index in [2.05, 4.69) is 5.10 Å². The molecular formula is C7H10N4O3. The summed E-state index contributed by atoms with van der Waals surface area (Å²) in [6.07, 6.45) is -0.521. The van der Waals surface area contributed by atoms with Crippen molar-refractivity contribution >= 4 is 11.6 Å². The highest BCUT2D eigenvalue weighted by atomic mass is 16.6. The van der Waals surface area contributed by atoms with Crippen molar-refractivity contribution in [2.45, 2.75) is 12.6 Å². The Hall–Kier alpha value is -1.63. The molecule has 0 spiro atoms. The Kier molecular flexibility index (Phi) is 1.88. The van der Waals surface area contributed by atoms with E-state index in [-0.39, 0.29) is 5.82 Å². The molecule has 14 heavy (non-hydrogen) atoms. The fourth-order valence-electron chi connectivity index (χ4n) is 1.59. The van der Waals surface area contributed by atoms with Crippen molar-refractivity contribution in [2.75, 3.05) is 18.5 Å². The first kappa shape index (κ1) is 8.95. The molecule has 7 heteroatoms. The molecule has 0 radical (unpaired) electrons. The molecule has 2 rings (SSSR count). The van der Waals surface area contributed by atoms with Crippen LogP contribution in [-0.2, 0) is 6.54 Å². The highest BCUT2D eigenvalue weighted by Crippen LogP contribution is 2.23. The summed E-state index contributed by atoms with van der Waals surface area (Å²) in [4.78, 5) is 11.7. The lowest BCUT2D eigenvalue weighted by atomic mass is 10.3. The van der Waals surface area contributed by atoms with Crippen molar-refractivity contribution in [1.29, 1.82) is 0 Å². The largest absolute Gasteiger partial charge is 0.392 e. The number of hydrogen-bond donors (Lipinski definition) is 1. The van der Waals surface area contributed by atoms with Crippen LogP contribution in [0.5, 0.6) is 0 Å². The van der Waals surface area contributed by atoms with E-state index < -0.39 is 11.0 Å². The number of fused-ring (bicyclic) bond motifs is 1. The minimum absolute atomic E-state index is 0.180. The van der Waals surface area contributed by atoms with Gasteiger partial charge in [0.05, 0.1) is 23.8 Å². The predicted molar refractivity (Wildman–Crippen MR) is 48.2 cm³/mol. The molecule has 0 bridgehead atoms. The molecule has 1 N–H and O–H groups in total. The van der Waals surface area contributed by atoms with Crippen LogP contribution in [0.25, 0.3) is 0 Å². The zero-order chi connectivity index (χ0) is 10.3. The van der Waals surface area contributed by atoms with Gasteiger partial charge < -0.3 is 20.1 Å². The summed E-state index contributed by atoms with van der Waals surface area (Å²) in [6.45, 7) is 0.788. The first-order chi connectivity index (χ1) is 6.58. The molecule has 0 saturated carbocycles. The van der Waals surface area contributed by atoms with Gasteiger partial charge in [0.2, 0.25) is 0 Å². The molecule has 1 unspecified atom stereocenters. The maximum absolute atomic E-state index is 10.5. The minimum atomic E-state index is -0.536. The molecule has 76 valence electrons. The van der Waals surface area contributed by atoms with Crippen LogP contribution in [-0.4, -0.2) is 39.5 Å².